The molecule has 0 N–H and O–H groups in total. The Morgan fingerprint density at radius 1 is 1.12 bits per heavy atom. The van der Waals surface area contributed by atoms with E-state index in [4.69, 9.17) is 0 Å². The molecule has 1 aromatic carbocycles. The molecule has 2 aromatic heterocycles. The highest BCUT2D eigenvalue weighted by Gasteiger charge is 2.25. The van der Waals surface area contributed by atoms with Crippen LogP contribution in [0.5, 0.6) is 0 Å². The molecule has 0 saturated carbocycles. The van der Waals surface area contributed by atoms with Crippen molar-refractivity contribution in [3.8, 4) is 0 Å². The lowest BCUT2D eigenvalue weighted by Crippen LogP contribution is -2.50. The first-order chi connectivity index (χ1) is 12.1. The maximum absolute atomic E-state index is 13.8. The van der Waals surface area contributed by atoms with Crippen molar-refractivity contribution in [3.63, 3.8) is 0 Å². The summed E-state index contributed by atoms with van der Waals surface area (Å²) in [6.07, 6.45) is 3.45. The molecule has 1 aliphatic rings. The summed E-state index contributed by atoms with van der Waals surface area (Å²) in [6, 6.07) is 7.01. The third kappa shape index (κ3) is 3.02. The highest BCUT2D eigenvalue weighted by atomic mass is 19.1. The number of carbonyl (C=O) groups is 1. The number of fused-ring (bicyclic) bond motifs is 1. The first kappa shape index (κ1) is 15.5. The summed E-state index contributed by atoms with van der Waals surface area (Å²) in [5, 5.41) is 4.09. The van der Waals surface area contributed by atoms with Crippen LogP contribution in [0.2, 0.25) is 0 Å². The normalized spacial score (nSPS) is 15.2. The molecular formula is C17H15F2N5O. The van der Waals surface area contributed by atoms with Gasteiger partial charge in [-0.05, 0) is 12.1 Å². The van der Waals surface area contributed by atoms with Crippen LogP contribution >= 0.6 is 0 Å². The van der Waals surface area contributed by atoms with E-state index in [1.54, 1.807) is 27.9 Å². The number of amides is 1. The molecule has 0 unspecified atom stereocenters. The van der Waals surface area contributed by atoms with Gasteiger partial charge < -0.3 is 9.80 Å². The minimum Gasteiger partial charge on any atom is -0.345 e. The second kappa shape index (κ2) is 6.12. The minimum absolute atomic E-state index is 0.120. The number of anilines is 1. The van der Waals surface area contributed by atoms with E-state index in [1.807, 2.05) is 11.0 Å². The minimum atomic E-state index is -0.636. The van der Waals surface area contributed by atoms with E-state index in [1.165, 1.54) is 12.1 Å². The highest BCUT2D eigenvalue weighted by molar-refractivity contribution is 5.82. The number of aromatic nitrogens is 3. The van der Waals surface area contributed by atoms with E-state index in [9.17, 15) is 13.6 Å². The fourth-order valence-corrected chi connectivity index (χ4v) is 2.91. The highest BCUT2D eigenvalue weighted by Crippen LogP contribution is 2.18. The van der Waals surface area contributed by atoms with Crippen molar-refractivity contribution in [2.24, 2.45) is 0 Å². The summed E-state index contributed by atoms with van der Waals surface area (Å²) < 4.78 is 28.4. The van der Waals surface area contributed by atoms with Gasteiger partial charge in [0.05, 0.1) is 12.7 Å². The Morgan fingerprint density at radius 2 is 2.00 bits per heavy atom. The van der Waals surface area contributed by atoms with E-state index in [0.29, 0.717) is 30.1 Å². The van der Waals surface area contributed by atoms with Gasteiger partial charge in [-0.1, -0.05) is 6.07 Å². The number of hydrogen-bond donors (Lipinski definition) is 0. The van der Waals surface area contributed by atoms with Gasteiger partial charge in [0.25, 0.3) is 0 Å². The average molecular weight is 343 g/mol. The Bertz CT molecular complexity index is 942. The zero-order valence-electron chi connectivity index (χ0n) is 13.3. The summed E-state index contributed by atoms with van der Waals surface area (Å²) in [6.45, 7) is 1.33. The number of benzene rings is 1. The van der Waals surface area contributed by atoms with Crippen LogP contribution in [0.25, 0.3) is 5.65 Å². The Balaban J connectivity index is 1.47. The molecule has 4 rings (SSSR count). The van der Waals surface area contributed by atoms with Crippen LogP contribution in [0, 0.1) is 11.6 Å². The fraction of sp³-hybridized carbons (Fsp3) is 0.235. The summed E-state index contributed by atoms with van der Waals surface area (Å²) in [5.41, 5.74) is 1.02. The molecular weight excluding hydrogens is 328 g/mol. The second-order valence-corrected chi connectivity index (χ2v) is 5.89. The monoisotopic (exact) mass is 343 g/mol. The van der Waals surface area contributed by atoms with E-state index in [2.05, 4.69) is 10.1 Å². The maximum atomic E-state index is 13.8. The summed E-state index contributed by atoms with van der Waals surface area (Å²) in [5.74, 6) is -0.680. The summed E-state index contributed by atoms with van der Waals surface area (Å²) >= 11 is 0. The second-order valence-electron chi connectivity index (χ2n) is 5.89. The molecule has 1 amide bonds. The van der Waals surface area contributed by atoms with Crippen LogP contribution in [0.3, 0.4) is 0 Å². The maximum Gasteiger partial charge on any atom is 0.242 e. The van der Waals surface area contributed by atoms with Crippen molar-refractivity contribution >= 4 is 17.4 Å². The zero-order chi connectivity index (χ0) is 17.4. The Labute approximate surface area is 142 Å². The predicted octanol–water partition coefficient (Wildman–Crippen LogP) is 1.86. The van der Waals surface area contributed by atoms with Gasteiger partial charge >= 0.3 is 0 Å². The Morgan fingerprint density at radius 3 is 2.80 bits per heavy atom. The summed E-state index contributed by atoms with van der Waals surface area (Å²) in [4.78, 5) is 20.4. The number of rotatable bonds is 3. The molecule has 128 valence electrons. The molecule has 3 aromatic rings. The molecule has 0 aliphatic carbocycles. The van der Waals surface area contributed by atoms with E-state index in [0.717, 1.165) is 6.07 Å². The van der Waals surface area contributed by atoms with Crippen LogP contribution in [0.4, 0.5) is 14.6 Å². The molecule has 25 heavy (non-hydrogen) atoms. The first-order valence-corrected chi connectivity index (χ1v) is 7.87. The van der Waals surface area contributed by atoms with Gasteiger partial charge in [0, 0.05) is 43.5 Å². The van der Waals surface area contributed by atoms with Gasteiger partial charge in [-0.25, -0.2) is 18.3 Å². The average Bonchev–Trinajstić information content (AvgIpc) is 3.06. The lowest BCUT2D eigenvalue weighted by atomic mass is 10.1. The van der Waals surface area contributed by atoms with Crippen molar-refractivity contribution in [2.45, 2.75) is 6.54 Å². The van der Waals surface area contributed by atoms with Crippen molar-refractivity contribution in [3.05, 3.63) is 59.9 Å². The quantitative estimate of drug-likeness (QED) is 0.728. The van der Waals surface area contributed by atoms with Gasteiger partial charge in [-0.2, -0.15) is 5.10 Å². The third-order valence-corrected chi connectivity index (χ3v) is 4.26. The SMILES string of the molecule is O=C1CN(c2ccn3nccc3n2)CCN1Cc1ccc(F)cc1F. The number of piperazine rings is 1. The van der Waals surface area contributed by atoms with Crippen molar-refractivity contribution in [2.75, 3.05) is 24.5 Å². The molecule has 0 spiro atoms. The lowest BCUT2D eigenvalue weighted by molar-refractivity contribution is -0.131. The predicted molar refractivity (Wildman–Crippen MR) is 87.0 cm³/mol. The third-order valence-electron chi connectivity index (χ3n) is 4.26. The Hall–Kier alpha value is -3.03. The molecule has 0 atom stereocenters. The Kier molecular flexibility index (Phi) is 3.79. The number of carbonyl (C=O) groups excluding carboxylic acids is 1. The van der Waals surface area contributed by atoms with Crippen LogP contribution in [-0.2, 0) is 11.3 Å². The number of nitrogens with zero attached hydrogens (tertiary/aromatic N) is 5. The molecule has 0 radical (unpaired) electrons. The van der Waals surface area contributed by atoms with Gasteiger partial charge in [0.2, 0.25) is 5.91 Å². The molecule has 6 nitrogen and oxygen atoms in total. The zero-order valence-corrected chi connectivity index (χ0v) is 13.3. The largest absolute Gasteiger partial charge is 0.345 e. The molecule has 1 saturated heterocycles. The lowest BCUT2D eigenvalue weighted by Gasteiger charge is -2.35. The van der Waals surface area contributed by atoms with Crippen LogP contribution in [-0.4, -0.2) is 45.0 Å². The standard InChI is InChI=1S/C17H15F2N5O/c18-13-2-1-12(14(19)9-13)10-23-8-7-22(11-17(23)25)15-4-6-24-16(21-15)3-5-20-24/h1-6,9H,7-8,10-11H2. The van der Waals surface area contributed by atoms with Gasteiger partial charge in [-0.15, -0.1) is 0 Å². The fourth-order valence-electron chi connectivity index (χ4n) is 2.91. The molecule has 3 heterocycles. The molecule has 0 bridgehead atoms. The number of hydrogen-bond acceptors (Lipinski definition) is 4. The van der Waals surface area contributed by atoms with Crippen LogP contribution in [0.15, 0.2) is 42.7 Å². The van der Waals surface area contributed by atoms with Gasteiger partial charge in [0.15, 0.2) is 5.65 Å². The van der Waals surface area contributed by atoms with Crippen LogP contribution in [0.1, 0.15) is 5.56 Å². The van der Waals surface area contributed by atoms with Crippen LogP contribution < -0.4 is 4.90 Å². The first-order valence-electron chi connectivity index (χ1n) is 7.87. The van der Waals surface area contributed by atoms with Gasteiger partial charge in [0.1, 0.15) is 17.5 Å². The van der Waals surface area contributed by atoms with E-state index < -0.39 is 11.6 Å². The molecule has 8 heteroatoms. The molecule has 1 aliphatic heterocycles. The smallest absolute Gasteiger partial charge is 0.242 e. The summed E-state index contributed by atoms with van der Waals surface area (Å²) in [7, 11) is 0. The van der Waals surface area contributed by atoms with Crippen molar-refractivity contribution < 1.29 is 13.6 Å². The molecule has 1 fully saturated rings. The topological polar surface area (TPSA) is 53.7 Å². The number of halogens is 2. The van der Waals surface area contributed by atoms with Crippen molar-refractivity contribution in [1.29, 1.82) is 0 Å². The van der Waals surface area contributed by atoms with E-state index >= 15 is 0 Å². The van der Waals surface area contributed by atoms with Crippen molar-refractivity contribution in [1.82, 2.24) is 19.5 Å². The van der Waals surface area contributed by atoms with Gasteiger partial charge in [-0.3, -0.25) is 4.79 Å². The van der Waals surface area contributed by atoms with E-state index in [-0.39, 0.29) is 19.0 Å².